The molecule has 2 aliphatic carbocycles. The number of aromatic carboxylic acids is 1. The topological polar surface area (TPSA) is 92.2 Å². The van der Waals surface area contributed by atoms with Crippen LogP contribution >= 0.6 is 0 Å². The summed E-state index contributed by atoms with van der Waals surface area (Å²) in [6.07, 6.45) is 2.26. The predicted molar refractivity (Wildman–Crippen MR) is 114 cm³/mol. The van der Waals surface area contributed by atoms with Crippen molar-refractivity contribution < 1.29 is 14.7 Å². The number of amides is 1. The molecule has 1 heterocycles. The summed E-state index contributed by atoms with van der Waals surface area (Å²) >= 11 is 0. The minimum absolute atomic E-state index is 0.0279. The predicted octanol–water partition coefficient (Wildman–Crippen LogP) is 4.76. The van der Waals surface area contributed by atoms with Gasteiger partial charge in [-0.25, -0.2) is 14.8 Å². The molecule has 0 aliphatic heterocycles. The van der Waals surface area contributed by atoms with E-state index in [1.165, 1.54) is 12.1 Å². The zero-order chi connectivity index (χ0) is 21.3. The molecule has 152 valence electrons. The average Bonchev–Trinajstić information content (AvgIpc) is 3.04. The Hall–Kier alpha value is -3.28. The van der Waals surface area contributed by atoms with Crippen LogP contribution in [0.1, 0.15) is 71.6 Å². The number of carbonyl (C=O) groups excluding carboxylic acids is 1. The van der Waals surface area contributed by atoms with Gasteiger partial charge < -0.3 is 10.4 Å². The Morgan fingerprint density at radius 3 is 2.50 bits per heavy atom. The molecule has 6 heteroatoms. The van der Waals surface area contributed by atoms with Gasteiger partial charge in [-0.2, -0.15) is 0 Å². The summed E-state index contributed by atoms with van der Waals surface area (Å²) in [6.45, 7) is 6.92. The third kappa shape index (κ3) is 2.43. The van der Waals surface area contributed by atoms with Crippen LogP contribution in [-0.4, -0.2) is 27.0 Å². The molecule has 6 nitrogen and oxygen atoms in total. The minimum Gasteiger partial charge on any atom is -0.478 e. The molecule has 30 heavy (non-hydrogen) atoms. The van der Waals surface area contributed by atoms with Gasteiger partial charge in [0.15, 0.2) is 0 Å². The molecule has 1 aromatic heterocycles. The van der Waals surface area contributed by atoms with E-state index < -0.39 is 11.9 Å². The number of benzene rings is 2. The van der Waals surface area contributed by atoms with Crippen molar-refractivity contribution in [1.82, 2.24) is 9.97 Å². The van der Waals surface area contributed by atoms with Crippen LogP contribution in [0.2, 0.25) is 0 Å². The van der Waals surface area contributed by atoms with Crippen LogP contribution in [0.4, 0.5) is 5.69 Å². The lowest BCUT2D eigenvalue weighted by Crippen LogP contribution is -2.31. The lowest BCUT2D eigenvalue weighted by molar-refractivity contribution is 0.0692. The van der Waals surface area contributed by atoms with E-state index in [1.54, 1.807) is 18.2 Å². The number of carboxylic acid groups (broad SMARTS) is 1. The van der Waals surface area contributed by atoms with Crippen LogP contribution in [0.5, 0.6) is 0 Å². The first-order chi connectivity index (χ1) is 14.2. The van der Waals surface area contributed by atoms with E-state index >= 15 is 0 Å². The SMILES string of the molecule is CC12CCC(c3nc4cc(NC(=O)c5ccccc5C(=O)O)ccc4nc31)C2(C)C. The number of fused-ring (bicyclic) bond motifs is 6. The van der Waals surface area contributed by atoms with E-state index in [2.05, 4.69) is 26.1 Å². The molecule has 2 aromatic carbocycles. The monoisotopic (exact) mass is 401 g/mol. The molecule has 0 saturated heterocycles. The second-order valence-electron chi connectivity index (χ2n) is 9.11. The summed E-state index contributed by atoms with van der Waals surface area (Å²) in [5, 5.41) is 12.1. The number of carboxylic acids is 1. The third-order valence-corrected chi connectivity index (χ3v) is 7.43. The molecule has 1 amide bonds. The quantitative estimate of drug-likeness (QED) is 0.660. The van der Waals surface area contributed by atoms with Gasteiger partial charge in [-0.05, 0) is 48.6 Å². The van der Waals surface area contributed by atoms with Crippen molar-refractivity contribution in [2.75, 3.05) is 5.32 Å². The van der Waals surface area contributed by atoms with Crippen molar-refractivity contribution in [1.29, 1.82) is 0 Å². The van der Waals surface area contributed by atoms with Crippen LogP contribution in [0.3, 0.4) is 0 Å². The van der Waals surface area contributed by atoms with Crippen molar-refractivity contribution in [2.24, 2.45) is 5.41 Å². The van der Waals surface area contributed by atoms with Gasteiger partial charge in [0.2, 0.25) is 0 Å². The summed E-state index contributed by atoms with van der Waals surface area (Å²) in [6, 6.07) is 11.6. The zero-order valence-electron chi connectivity index (χ0n) is 17.2. The molecule has 2 atom stereocenters. The summed E-state index contributed by atoms with van der Waals surface area (Å²) in [5.74, 6) is -1.20. The Kier molecular flexibility index (Phi) is 3.81. The molecule has 1 fully saturated rings. The number of hydrogen-bond donors (Lipinski definition) is 2. The summed E-state index contributed by atoms with van der Waals surface area (Å²) in [4.78, 5) is 34.0. The summed E-state index contributed by atoms with van der Waals surface area (Å²) in [7, 11) is 0. The Morgan fingerprint density at radius 1 is 1.03 bits per heavy atom. The van der Waals surface area contributed by atoms with Crippen molar-refractivity contribution in [2.45, 2.75) is 44.9 Å². The Bertz CT molecular complexity index is 1230. The summed E-state index contributed by atoms with van der Waals surface area (Å²) in [5.41, 5.74) is 4.58. The van der Waals surface area contributed by atoms with Gasteiger partial charge in [0.1, 0.15) is 0 Å². The lowest BCUT2D eigenvalue weighted by atomic mass is 9.70. The van der Waals surface area contributed by atoms with Crippen LogP contribution in [0.25, 0.3) is 11.0 Å². The van der Waals surface area contributed by atoms with Crippen LogP contribution in [0, 0.1) is 5.41 Å². The van der Waals surface area contributed by atoms with Crippen LogP contribution < -0.4 is 5.32 Å². The number of rotatable bonds is 3. The van der Waals surface area contributed by atoms with Gasteiger partial charge >= 0.3 is 5.97 Å². The number of hydrogen-bond acceptors (Lipinski definition) is 4. The Morgan fingerprint density at radius 2 is 1.77 bits per heavy atom. The van der Waals surface area contributed by atoms with E-state index in [1.807, 2.05) is 12.1 Å². The number of anilines is 1. The molecule has 2 aliphatic rings. The average molecular weight is 401 g/mol. The van der Waals surface area contributed by atoms with Gasteiger partial charge in [-0.1, -0.05) is 32.9 Å². The van der Waals surface area contributed by atoms with E-state index in [0.29, 0.717) is 11.6 Å². The lowest BCUT2D eigenvalue weighted by Gasteiger charge is -2.34. The first-order valence-corrected chi connectivity index (χ1v) is 10.2. The van der Waals surface area contributed by atoms with Gasteiger partial charge in [-0.3, -0.25) is 4.79 Å². The molecule has 2 bridgehead atoms. The smallest absolute Gasteiger partial charge is 0.336 e. The molecule has 2 N–H and O–H groups in total. The van der Waals surface area contributed by atoms with E-state index in [4.69, 9.17) is 9.97 Å². The van der Waals surface area contributed by atoms with Gasteiger partial charge in [0.25, 0.3) is 5.91 Å². The zero-order valence-corrected chi connectivity index (χ0v) is 17.2. The van der Waals surface area contributed by atoms with Gasteiger partial charge in [-0.15, -0.1) is 0 Å². The highest BCUT2D eigenvalue weighted by Gasteiger charge is 2.61. The van der Waals surface area contributed by atoms with Crippen molar-refractivity contribution >= 4 is 28.6 Å². The second-order valence-corrected chi connectivity index (χ2v) is 9.11. The molecule has 0 radical (unpaired) electrons. The fourth-order valence-electron chi connectivity index (χ4n) is 5.26. The van der Waals surface area contributed by atoms with Crippen molar-refractivity contribution in [3.63, 3.8) is 0 Å². The maximum Gasteiger partial charge on any atom is 0.336 e. The fourth-order valence-corrected chi connectivity index (χ4v) is 5.26. The molecule has 3 aromatic rings. The maximum atomic E-state index is 12.7. The number of nitrogens with one attached hydrogen (secondary N) is 1. The standard InChI is InChI=1S/C24H23N3O3/c1-23(2)16-10-11-24(23,3)20-19(16)26-18-12-13(8-9-17(18)27-20)25-21(28)14-6-4-5-7-15(14)22(29)30/h4-9,12,16H,10-11H2,1-3H3,(H,25,28)(H,29,30). The molecule has 2 unspecified atom stereocenters. The van der Waals surface area contributed by atoms with E-state index in [9.17, 15) is 14.7 Å². The fraction of sp³-hybridized carbons (Fsp3) is 0.333. The van der Waals surface area contributed by atoms with Gasteiger partial charge in [0.05, 0.1) is 33.5 Å². The van der Waals surface area contributed by atoms with Crippen molar-refractivity contribution in [3.05, 3.63) is 65.0 Å². The maximum absolute atomic E-state index is 12.7. The Balaban J connectivity index is 1.51. The highest BCUT2D eigenvalue weighted by atomic mass is 16.4. The number of nitrogens with zero attached hydrogens (tertiary/aromatic N) is 2. The van der Waals surface area contributed by atoms with Crippen LogP contribution in [-0.2, 0) is 5.41 Å². The first kappa shape index (κ1) is 18.7. The normalized spacial score (nSPS) is 23.4. The first-order valence-electron chi connectivity index (χ1n) is 10.2. The molecule has 5 rings (SSSR count). The Labute approximate surface area is 174 Å². The molecule has 1 saturated carbocycles. The molecular weight excluding hydrogens is 378 g/mol. The number of carbonyl (C=O) groups is 2. The van der Waals surface area contributed by atoms with E-state index in [-0.39, 0.29) is 22.0 Å². The molecule has 0 spiro atoms. The minimum atomic E-state index is -1.13. The van der Waals surface area contributed by atoms with Crippen molar-refractivity contribution in [3.8, 4) is 0 Å². The highest BCUT2D eigenvalue weighted by Crippen LogP contribution is 2.66. The van der Waals surface area contributed by atoms with E-state index in [0.717, 1.165) is 35.3 Å². The second kappa shape index (κ2) is 6.11. The molecular formula is C24H23N3O3. The number of aromatic nitrogens is 2. The highest BCUT2D eigenvalue weighted by molar-refractivity contribution is 6.11. The summed E-state index contributed by atoms with van der Waals surface area (Å²) < 4.78 is 0. The van der Waals surface area contributed by atoms with Gasteiger partial charge in [0, 0.05) is 17.0 Å². The van der Waals surface area contributed by atoms with Crippen LogP contribution in [0.15, 0.2) is 42.5 Å². The third-order valence-electron chi connectivity index (χ3n) is 7.43. The largest absolute Gasteiger partial charge is 0.478 e.